The molecule has 0 bridgehead atoms. The number of amides is 2. The average Bonchev–Trinajstić information content (AvgIpc) is 2.65. The first kappa shape index (κ1) is 18.6. The number of aromatic nitrogens is 1. The molecule has 25 heavy (non-hydrogen) atoms. The minimum atomic E-state index is -0.189. The lowest BCUT2D eigenvalue weighted by molar-refractivity contribution is 0.237. The molecule has 0 aliphatic rings. The smallest absolute Gasteiger partial charge is 0.315 e. The first-order valence-electron chi connectivity index (χ1n) is 8.30. The molecule has 1 aromatic heterocycles. The van der Waals surface area contributed by atoms with Gasteiger partial charge in [-0.2, -0.15) is 0 Å². The van der Waals surface area contributed by atoms with Gasteiger partial charge < -0.3 is 20.1 Å². The number of rotatable bonds is 8. The maximum atomic E-state index is 11.9. The number of methoxy groups -OCH3 is 2. The van der Waals surface area contributed by atoms with Gasteiger partial charge in [0.2, 0.25) is 0 Å². The molecule has 1 aromatic carbocycles. The number of hydrogen-bond donors (Lipinski definition) is 2. The van der Waals surface area contributed by atoms with E-state index >= 15 is 0 Å². The van der Waals surface area contributed by atoms with Crippen molar-refractivity contribution in [2.24, 2.45) is 0 Å². The molecule has 0 saturated heterocycles. The highest BCUT2D eigenvalue weighted by molar-refractivity contribution is 5.74. The zero-order valence-electron chi connectivity index (χ0n) is 14.9. The van der Waals surface area contributed by atoms with E-state index in [-0.39, 0.29) is 12.1 Å². The Morgan fingerprint density at radius 2 is 1.96 bits per heavy atom. The summed E-state index contributed by atoms with van der Waals surface area (Å²) in [6, 6.07) is 11.2. The van der Waals surface area contributed by atoms with Crippen LogP contribution in [0.4, 0.5) is 4.79 Å². The quantitative estimate of drug-likeness (QED) is 0.723. The molecule has 2 aromatic rings. The van der Waals surface area contributed by atoms with E-state index in [1.165, 1.54) is 0 Å². The summed E-state index contributed by atoms with van der Waals surface area (Å²) in [5.74, 6) is 1.43. The van der Waals surface area contributed by atoms with E-state index in [0.29, 0.717) is 12.3 Å². The van der Waals surface area contributed by atoms with Crippen LogP contribution in [0.1, 0.15) is 30.6 Å². The second-order valence-electron chi connectivity index (χ2n) is 5.67. The Labute approximate surface area is 148 Å². The fraction of sp³-hybridized carbons (Fsp3) is 0.368. The van der Waals surface area contributed by atoms with Crippen molar-refractivity contribution in [1.29, 1.82) is 0 Å². The number of nitrogens with zero attached hydrogens (tertiary/aromatic N) is 1. The van der Waals surface area contributed by atoms with E-state index in [2.05, 4.69) is 15.6 Å². The van der Waals surface area contributed by atoms with Crippen molar-refractivity contribution in [3.05, 3.63) is 53.9 Å². The first-order valence-corrected chi connectivity index (χ1v) is 8.30. The molecule has 0 saturated carbocycles. The third-order valence-corrected chi connectivity index (χ3v) is 3.85. The Balaban J connectivity index is 1.73. The van der Waals surface area contributed by atoms with Gasteiger partial charge in [-0.3, -0.25) is 4.98 Å². The van der Waals surface area contributed by atoms with Crippen molar-refractivity contribution in [2.75, 3.05) is 20.8 Å². The van der Waals surface area contributed by atoms with Gasteiger partial charge in [-0.1, -0.05) is 12.1 Å². The van der Waals surface area contributed by atoms with Crippen LogP contribution >= 0.6 is 0 Å². The van der Waals surface area contributed by atoms with E-state index in [0.717, 1.165) is 29.8 Å². The maximum absolute atomic E-state index is 11.9. The summed E-state index contributed by atoms with van der Waals surface area (Å²) in [5.41, 5.74) is 1.98. The Morgan fingerprint density at radius 1 is 1.16 bits per heavy atom. The SMILES string of the molecule is COc1ccc(CCCNC(=O)NC(C)c2ccccn2)cc1OC. The van der Waals surface area contributed by atoms with Gasteiger partial charge in [0.05, 0.1) is 26.0 Å². The van der Waals surface area contributed by atoms with Crippen LogP contribution in [-0.2, 0) is 6.42 Å². The summed E-state index contributed by atoms with van der Waals surface area (Å²) in [6.07, 6.45) is 3.39. The summed E-state index contributed by atoms with van der Waals surface area (Å²) >= 11 is 0. The number of carbonyl (C=O) groups is 1. The van der Waals surface area contributed by atoms with E-state index in [4.69, 9.17) is 9.47 Å². The second-order valence-corrected chi connectivity index (χ2v) is 5.67. The Bertz CT molecular complexity index is 677. The number of nitrogens with one attached hydrogen (secondary N) is 2. The van der Waals surface area contributed by atoms with E-state index < -0.39 is 0 Å². The van der Waals surface area contributed by atoms with Crippen LogP contribution in [0.15, 0.2) is 42.6 Å². The molecule has 2 amide bonds. The van der Waals surface area contributed by atoms with Gasteiger partial charge in [-0.05, 0) is 49.6 Å². The van der Waals surface area contributed by atoms with Gasteiger partial charge in [0, 0.05) is 12.7 Å². The van der Waals surface area contributed by atoms with Gasteiger partial charge in [0.25, 0.3) is 0 Å². The van der Waals surface area contributed by atoms with E-state index in [1.54, 1.807) is 20.4 Å². The normalized spacial score (nSPS) is 11.5. The molecule has 0 aliphatic carbocycles. The van der Waals surface area contributed by atoms with Crippen LogP contribution in [0.25, 0.3) is 0 Å². The predicted octanol–water partition coefficient (Wildman–Crippen LogP) is 3.09. The number of urea groups is 1. The summed E-state index contributed by atoms with van der Waals surface area (Å²) in [4.78, 5) is 16.2. The highest BCUT2D eigenvalue weighted by atomic mass is 16.5. The Hall–Kier alpha value is -2.76. The molecule has 2 rings (SSSR count). The van der Waals surface area contributed by atoms with Crippen molar-refractivity contribution in [1.82, 2.24) is 15.6 Å². The average molecular weight is 343 g/mol. The number of carbonyl (C=O) groups excluding carboxylic acids is 1. The van der Waals surface area contributed by atoms with Crippen LogP contribution in [0, 0.1) is 0 Å². The molecule has 1 unspecified atom stereocenters. The van der Waals surface area contributed by atoms with Crippen LogP contribution in [-0.4, -0.2) is 31.8 Å². The number of ether oxygens (including phenoxy) is 2. The lowest BCUT2D eigenvalue weighted by atomic mass is 10.1. The van der Waals surface area contributed by atoms with Crippen LogP contribution in [0.2, 0.25) is 0 Å². The zero-order valence-corrected chi connectivity index (χ0v) is 14.9. The summed E-state index contributed by atoms with van der Waals surface area (Å²) < 4.78 is 10.5. The molecule has 6 nitrogen and oxygen atoms in total. The summed E-state index contributed by atoms with van der Waals surface area (Å²) in [7, 11) is 3.24. The van der Waals surface area contributed by atoms with Crippen molar-refractivity contribution in [2.45, 2.75) is 25.8 Å². The van der Waals surface area contributed by atoms with E-state index in [9.17, 15) is 4.79 Å². The lowest BCUT2D eigenvalue weighted by Gasteiger charge is -2.14. The molecule has 0 aliphatic heterocycles. The molecule has 0 fully saturated rings. The highest BCUT2D eigenvalue weighted by Gasteiger charge is 2.09. The molecule has 1 atom stereocenters. The van der Waals surface area contributed by atoms with Gasteiger partial charge in [0.15, 0.2) is 11.5 Å². The van der Waals surface area contributed by atoms with Gasteiger partial charge in [-0.15, -0.1) is 0 Å². The molecular weight excluding hydrogens is 318 g/mol. The number of aryl methyl sites for hydroxylation is 1. The van der Waals surface area contributed by atoms with Crippen LogP contribution in [0.5, 0.6) is 11.5 Å². The molecule has 6 heteroatoms. The minimum Gasteiger partial charge on any atom is -0.493 e. The fourth-order valence-corrected chi connectivity index (χ4v) is 2.48. The first-order chi connectivity index (χ1) is 12.1. The molecule has 0 radical (unpaired) electrons. The highest BCUT2D eigenvalue weighted by Crippen LogP contribution is 2.27. The largest absolute Gasteiger partial charge is 0.493 e. The van der Waals surface area contributed by atoms with E-state index in [1.807, 2.05) is 43.3 Å². The van der Waals surface area contributed by atoms with Crippen molar-refractivity contribution in [3.63, 3.8) is 0 Å². The Kier molecular flexibility index (Phi) is 7.07. The maximum Gasteiger partial charge on any atom is 0.315 e. The third kappa shape index (κ3) is 5.67. The van der Waals surface area contributed by atoms with Gasteiger partial charge >= 0.3 is 6.03 Å². The zero-order chi connectivity index (χ0) is 18.1. The predicted molar refractivity (Wildman–Crippen MR) is 97.1 cm³/mol. The minimum absolute atomic E-state index is 0.132. The summed E-state index contributed by atoms with van der Waals surface area (Å²) in [6.45, 7) is 2.50. The topological polar surface area (TPSA) is 72.5 Å². The van der Waals surface area contributed by atoms with Crippen molar-refractivity contribution >= 4 is 6.03 Å². The standard InChI is InChI=1S/C19H25N3O3/c1-14(16-8-4-5-11-20-16)22-19(23)21-12-6-7-15-9-10-17(24-2)18(13-15)25-3/h4-5,8-11,13-14H,6-7,12H2,1-3H3,(H2,21,22,23). The Morgan fingerprint density at radius 3 is 2.64 bits per heavy atom. The lowest BCUT2D eigenvalue weighted by Crippen LogP contribution is -2.37. The number of benzene rings is 1. The molecule has 2 N–H and O–H groups in total. The number of pyridine rings is 1. The monoisotopic (exact) mass is 343 g/mol. The molecular formula is C19H25N3O3. The molecule has 1 heterocycles. The summed E-state index contributed by atoms with van der Waals surface area (Å²) in [5, 5.41) is 5.75. The number of hydrogen-bond acceptors (Lipinski definition) is 4. The third-order valence-electron chi connectivity index (χ3n) is 3.85. The molecule has 134 valence electrons. The van der Waals surface area contributed by atoms with Crippen LogP contribution in [0.3, 0.4) is 0 Å². The van der Waals surface area contributed by atoms with Crippen LogP contribution < -0.4 is 20.1 Å². The van der Waals surface area contributed by atoms with Crippen molar-refractivity contribution in [3.8, 4) is 11.5 Å². The fourth-order valence-electron chi connectivity index (χ4n) is 2.48. The second kappa shape index (κ2) is 9.52. The van der Waals surface area contributed by atoms with Crippen molar-refractivity contribution < 1.29 is 14.3 Å². The van der Waals surface area contributed by atoms with Gasteiger partial charge in [0.1, 0.15) is 0 Å². The molecule has 0 spiro atoms. The van der Waals surface area contributed by atoms with Gasteiger partial charge in [-0.25, -0.2) is 4.79 Å².